The number of hydrogen-bond acceptors (Lipinski definition) is 5. The van der Waals surface area contributed by atoms with E-state index in [2.05, 4.69) is 36.3 Å². The van der Waals surface area contributed by atoms with Crippen molar-refractivity contribution in [2.75, 3.05) is 25.0 Å². The Morgan fingerprint density at radius 1 is 0.923 bits per heavy atom. The molecular weight excluding hydrogens is 494 g/mol. The summed E-state index contributed by atoms with van der Waals surface area (Å²) in [7, 11) is 0. The number of aromatic amines is 1. The zero-order chi connectivity index (χ0) is 27.6. The van der Waals surface area contributed by atoms with Gasteiger partial charge >= 0.3 is 0 Å². The Kier molecular flexibility index (Phi) is 7.41. The Morgan fingerprint density at radius 3 is 2.28 bits per heavy atom. The molecule has 2 aliphatic heterocycles. The molecule has 1 saturated heterocycles. The Balaban J connectivity index is 1.13. The first-order valence-corrected chi connectivity index (χ1v) is 13.4. The third kappa shape index (κ3) is 6.13. The number of likely N-dealkylation sites (tertiary alicyclic amines) is 1. The largest absolute Gasteiger partial charge is 0.484 e. The topological polar surface area (TPSA) is 108 Å². The number of aromatic nitrogens is 2. The molecule has 0 bridgehead atoms. The van der Waals surface area contributed by atoms with E-state index in [1.165, 1.54) is 0 Å². The molecule has 1 fully saturated rings. The van der Waals surface area contributed by atoms with Gasteiger partial charge in [0.2, 0.25) is 5.91 Å². The number of amides is 3. The number of H-pyrrole nitrogens is 1. The van der Waals surface area contributed by atoms with Gasteiger partial charge in [-0.05, 0) is 53.6 Å². The highest BCUT2D eigenvalue weighted by Gasteiger charge is 2.29. The molecule has 0 spiro atoms. The average molecular weight is 530 g/mol. The summed E-state index contributed by atoms with van der Waals surface area (Å²) in [6, 6.07) is 14.9. The van der Waals surface area contributed by atoms with Crippen LogP contribution in [0.2, 0.25) is 0 Å². The lowest BCUT2D eigenvalue weighted by Crippen LogP contribution is -2.32. The number of rotatable bonds is 7. The van der Waals surface area contributed by atoms with Gasteiger partial charge in [-0.25, -0.2) is 0 Å². The highest BCUT2D eigenvalue weighted by atomic mass is 16.5. The van der Waals surface area contributed by atoms with Crippen molar-refractivity contribution in [1.82, 2.24) is 20.0 Å². The maximum absolute atomic E-state index is 13.0. The lowest BCUT2D eigenvalue weighted by molar-refractivity contribution is -0.132. The van der Waals surface area contributed by atoms with E-state index < -0.39 is 0 Å². The van der Waals surface area contributed by atoms with Crippen molar-refractivity contribution >= 4 is 23.5 Å². The van der Waals surface area contributed by atoms with Crippen LogP contribution in [0, 0.1) is 0 Å². The van der Waals surface area contributed by atoms with Crippen LogP contribution in [0.4, 0.5) is 5.82 Å². The van der Waals surface area contributed by atoms with Gasteiger partial charge in [-0.2, -0.15) is 5.10 Å². The van der Waals surface area contributed by atoms with Crippen molar-refractivity contribution in [1.29, 1.82) is 0 Å². The molecule has 0 aliphatic carbocycles. The van der Waals surface area contributed by atoms with Crippen molar-refractivity contribution in [3.8, 4) is 5.75 Å². The van der Waals surface area contributed by atoms with Crippen LogP contribution in [0.25, 0.3) is 0 Å². The van der Waals surface area contributed by atoms with Gasteiger partial charge in [0.15, 0.2) is 6.61 Å². The summed E-state index contributed by atoms with van der Waals surface area (Å²) in [5, 5.41) is 10.1. The predicted molar refractivity (Wildman–Crippen MR) is 147 cm³/mol. The highest BCUT2D eigenvalue weighted by molar-refractivity contribution is 6.04. The summed E-state index contributed by atoms with van der Waals surface area (Å²) >= 11 is 0. The molecule has 0 saturated carbocycles. The lowest BCUT2D eigenvalue weighted by atomic mass is 9.87. The standard InChI is InChI=1S/C30H35N5O4/c1-30(2,3)22-10-8-21(9-11-22)29(38)31-28-24-17-35(18-25(24)32-33-28)26(36)16-20-6-12-23(13-7-20)39-19-27(37)34-14-4-5-15-34/h6-13H,4-5,14-19H2,1-3H3,(H2,31,32,33,38). The number of nitrogens with one attached hydrogen (secondary N) is 2. The van der Waals surface area contributed by atoms with Gasteiger partial charge in [0, 0.05) is 24.2 Å². The Morgan fingerprint density at radius 2 is 1.62 bits per heavy atom. The SMILES string of the molecule is CC(C)(C)c1ccc(C(=O)Nc2[nH]nc3c2CN(C(=O)Cc2ccc(OCC(=O)N4CCCC4)cc2)C3)cc1. The minimum absolute atomic E-state index is 0.00652. The van der Waals surface area contributed by atoms with E-state index in [0.717, 1.165) is 48.3 Å². The normalized spacial score (nSPS) is 14.8. The second-order valence-electron chi connectivity index (χ2n) is 11.3. The van der Waals surface area contributed by atoms with E-state index in [-0.39, 0.29) is 36.2 Å². The molecule has 204 valence electrons. The predicted octanol–water partition coefficient (Wildman–Crippen LogP) is 4.05. The molecule has 39 heavy (non-hydrogen) atoms. The highest BCUT2D eigenvalue weighted by Crippen LogP contribution is 2.28. The van der Waals surface area contributed by atoms with Crippen molar-refractivity contribution in [2.24, 2.45) is 0 Å². The smallest absolute Gasteiger partial charge is 0.260 e. The Labute approximate surface area is 228 Å². The molecule has 3 heterocycles. The number of nitrogens with zero attached hydrogens (tertiary/aromatic N) is 3. The minimum Gasteiger partial charge on any atom is -0.484 e. The maximum atomic E-state index is 13.0. The van der Waals surface area contributed by atoms with Crippen LogP contribution in [0.3, 0.4) is 0 Å². The van der Waals surface area contributed by atoms with Gasteiger partial charge in [0.25, 0.3) is 11.8 Å². The number of fused-ring (bicyclic) bond motifs is 1. The molecule has 2 aromatic carbocycles. The second-order valence-corrected chi connectivity index (χ2v) is 11.3. The van der Waals surface area contributed by atoms with Crippen molar-refractivity contribution in [2.45, 2.75) is 58.5 Å². The zero-order valence-corrected chi connectivity index (χ0v) is 22.8. The first-order chi connectivity index (χ1) is 18.7. The summed E-state index contributed by atoms with van der Waals surface area (Å²) in [6.07, 6.45) is 2.34. The molecule has 2 aliphatic rings. The molecule has 3 amide bonds. The fraction of sp³-hybridized carbons (Fsp3) is 0.400. The molecule has 0 radical (unpaired) electrons. The molecule has 2 N–H and O–H groups in total. The number of carbonyl (C=O) groups excluding carboxylic acids is 3. The summed E-state index contributed by atoms with van der Waals surface area (Å²) in [5.41, 5.74) is 4.17. The molecule has 0 atom stereocenters. The van der Waals surface area contributed by atoms with Crippen LogP contribution in [-0.2, 0) is 34.5 Å². The summed E-state index contributed by atoms with van der Waals surface area (Å²) in [6.45, 7) is 8.80. The minimum atomic E-state index is -0.226. The summed E-state index contributed by atoms with van der Waals surface area (Å²) < 4.78 is 5.64. The molecule has 3 aromatic rings. The molecule has 9 nitrogen and oxygen atoms in total. The summed E-state index contributed by atoms with van der Waals surface area (Å²) in [5.74, 6) is 0.882. The number of benzene rings is 2. The van der Waals surface area contributed by atoms with Crippen LogP contribution in [0.1, 0.15) is 66.4 Å². The molecule has 5 rings (SSSR count). The quantitative estimate of drug-likeness (QED) is 0.480. The first-order valence-electron chi connectivity index (χ1n) is 13.4. The van der Waals surface area contributed by atoms with Gasteiger partial charge in [-0.15, -0.1) is 0 Å². The van der Waals surface area contributed by atoms with Gasteiger partial charge in [-0.3, -0.25) is 19.5 Å². The van der Waals surface area contributed by atoms with Crippen LogP contribution < -0.4 is 10.1 Å². The number of carbonyl (C=O) groups is 3. The molecule has 9 heteroatoms. The van der Waals surface area contributed by atoms with Crippen LogP contribution in [0.15, 0.2) is 48.5 Å². The van der Waals surface area contributed by atoms with E-state index in [4.69, 9.17) is 4.74 Å². The van der Waals surface area contributed by atoms with Crippen LogP contribution >= 0.6 is 0 Å². The fourth-order valence-electron chi connectivity index (χ4n) is 4.91. The second kappa shape index (κ2) is 10.9. The van der Waals surface area contributed by atoms with Gasteiger partial charge in [0.05, 0.1) is 25.2 Å². The molecule has 1 aromatic heterocycles. The van der Waals surface area contributed by atoms with Crippen LogP contribution in [-0.4, -0.2) is 57.4 Å². The Hall–Kier alpha value is -4.14. The molecule has 0 unspecified atom stereocenters. The van der Waals surface area contributed by atoms with E-state index in [1.54, 1.807) is 17.0 Å². The summed E-state index contributed by atoms with van der Waals surface area (Å²) in [4.78, 5) is 41.6. The zero-order valence-electron chi connectivity index (χ0n) is 22.8. The van der Waals surface area contributed by atoms with E-state index in [1.807, 2.05) is 41.3 Å². The van der Waals surface area contributed by atoms with E-state index in [0.29, 0.717) is 30.2 Å². The molecular formula is C30H35N5O4. The first kappa shape index (κ1) is 26.5. The number of ether oxygens (including phenoxy) is 1. The maximum Gasteiger partial charge on any atom is 0.260 e. The third-order valence-electron chi connectivity index (χ3n) is 7.35. The van der Waals surface area contributed by atoms with E-state index >= 15 is 0 Å². The Bertz CT molecular complexity index is 1350. The monoisotopic (exact) mass is 529 g/mol. The van der Waals surface area contributed by atoms with Gasteiger partial charge in [-0.1, -0.05) is 45.0 Å². The van der Waals surface area contributed by atoms with Crippen molar-refractivity contribution < 1.29 is 19.1 Å². The average Bonchev–Trinajstić information content (AvgIpc) is 3.67. The van der Waals surface area contributed by atoms with Gasteiger partial charge in [0.1, 0.15) is 11.6 Å². The van der Waals surface area contributed by atoms with Crippen LogP contribution in [0.5, 0.6) is 5.75 Å². The van der Waals surface area contributed by atoms with Crippen molar-refractivity contribution in [3.63, 3.8) is 0 Å². The third-order valence-corrected chi connectivity index (χ3v) is 7.35. The number of anilines is 1. The van der Waals surface area contributed by atoms with E-state index in [9.17, 15) is 14.4 Å². The number of hydrogen-bond donors (Lipinski definition) is 2. The van der Waals surface area contributed by atoms with Crippen molar-refractivity contribution in [3.05, 3.63) is 76.5 Å². The fourth-order valence-corrected chi connectivity index (χ4v) is 4.91. The lowest BCUT2D eigenvalue weighted by Gasteiger charge is -2.19. The van der Waals surface area contributed by atoms with Gasteiger partial charge < -0.3 is 19.9 Å².